The predicted octanol–water partition coefficient (Wildman–Crippen LogP) is 4.26. The lowest BCUT2D eigenvalue weighted by Crippen LogP contribution is -2.11. The molecule has 3 nitrogen and oxygen atoms in total. The monoisotopic (exact) mass is 324 g/mol. The van der Waals surface area contributed by atoms with Gasteiger partial charge in [-0.1, -0.05) is 11.6 Å². The normalized spacial score (nSPS) is 11.8. The Kier molecular flexibility index (Phi) is 3.41. The molecule has 112 valence electrons. The van der Waals surface area contributed by atoms with E-state index in [4.69, 9.17) is 11.6 Å². The van der Waals surface area contributed by atoms with Gasteiger partial charge in [0.25, 0.3) is 5.56 Å². The first-order valence-electron chi connectivity index (χ1n) is 6.22. The molecule has 0 saturated carbocycles. The van der Waals surface area contributed by atoms with Crippen LogP contribution >= 0.6 is 11.6 Å². The van der Waals surface area contributed by atoms with Crippen LogP contribution < -0.4 is 5.56 Å². The van der Waals surface area contributed by atoms with Gasteiger partial charge in [-0.3, -0.25) is 4.79 Å². The lowest BCUT2D eigenvalue weighted by atomic mass is 10.1. The number of aromatic amines is 1. The Hall–Kier alpha value is -2.34. The molecule has 7 heteroatoms. The fourth-order valence-electron chi connectivity index (χ4n) is 2.06. The second kappa shape index (κ2) is 5.14. The average Bonchev–Trinajstić information content (AvgIpc) is 2.46. The number of rotatable bonds is 1. The topological polar surface area (TPSA) is 45.8 Å². The van der Waals surface area contributed by atoms with Crippen LogP contribution in [0, 0.1) is 0 Å². The van der Waals surface area contributed by atoms with E-state index in [1.54, 1.807) is 24.3 Å². The van der Waals surface area contributed by atoms with Gasteiger partial charge < -0.3 is 4.98 Å². The summed E-state index contributed by atoms with van der Waals surface area (Å²) < 4.78 is 38.3. The van der Waals surface area contributed by atoms with Crippen LogP contribution in [0.1, 0.15) is 5.56 Å². The molecule has 3 rings (SSSR count). The van der Waals surface area contributed by atoms with Crippen molar-refractivity contribution in [1.29, 1.82) is 0 Å². The Morgan fingerprint density at radius 3 is 2.36 bits per heavy atom. The molecule has 0 bridgehead atoms. The molecule has 0 saturated heterocycles. The van der Waals surface area contributed by atoms with E-state index in [0.717, 1.165) is 18.2 Å². The van der Waals surface area contributed by atoms with Crippen molar-refractivity contribution in [2.24, 2.45) is 0 Å². The molecule has 22 heavy (non-hydrogen) atoms. The summed E-state index contributed by atoms with van der Waals surface area (Å²) in [5.41, 5.74) is -0.798. The zero-order valence-electron chi connectivity index (χ0n) is 10.9. The van der Waals surface area contributed by atoms with Crippen LogP contribution in [0.25, 0.3) is 22.3 Å². The van der Waals surface area contributed by atoms with Gasteiger partial charge in [0.15, 0.2) is 0 Å². The number of aromatic nitrogens is 2. The van der Waals surface area contributed by atoms with Crippen molar-refractivity contribution in [1.82, 2.24) is 9.97 Å². The number of nitrogens with one attached hydrogen (secondary N) is 1. The van der Waals surface area contributed by atoms with Crippen LogP contribution in [0.2, 0.25) is 5.02 Å². The first-order chi connectivity index (χ1) is 10.3. The van der Waals surface area contributed by atoms with Gasteiger partial charge in [-0.15, -0.1) is 0 Å². The molecule has 0 aliphatic carbocycles. The van der Waals surface area contributed by atoms with Crippen LogP contribution in [0.15, 0.2) is 47.3 Å². The third-order valence-electron chi connectivity index (χ3n) is 3.15. The van der Waals surface area contributed by atoms with Crippen LogP contribution in [0.3, 0.4) is 0 Å². The van der Waals surface area contributed by atoms with Gasteiger partial charge in [0.05, 0.1) is 16.5 Å². The third-order valence-corrected chi connectivity index (χ3v) is 3.40. The summed E-state index contributed by atoms with van der Waals surface area (Å²) in [6.07, 6.45) is -4.49. The number of alkyl halides is 3. The highest BCUT2D eigenvalue weighted by molar-refractivity contribution is 6.30. The zero-order chi connectivity index (χ0) is 15.9. The summed E-state index contributed by atoms with van der Waals surface area (Å²) in [6, 6.07) is 9.31. The molecule has 0 aliphatic heterocycles. The fourth-order valence-corrected chi connectivity index (χ4v) is 2.19. The SMILES string of the molecule is O=c1[nH]c(-c2ccc(Cl)cc2)nc2cc(C(F)(F)F)ccc12. The maximum absolute atomic E-state index is 12.8. The van der Waals surface area contributed by atoms with E-state index in [2.05, 4.69) is 9.97 Å². The average molecular weight is 325 g/mol. The summed E-state index contributed by atoms with van der Waals surface area (Å²) in [7, 11) is 0. The van der Waals surface area contributed by atoms with Crippen LogP contribution in [0.4, 0.5) is 13.2 Å². The van der Waals surface area contributed by atoms with Gasteiger partial charge in [0.1, 0.15) is 5.82 Å². The van der Waals surface area contributed by atoms with Crippen molar-refractivity contribution in [3.8, 4) is 11.4 Å². The molecule has 2 aromatic carbocycles. The van der Waals surface area contributed by atoms with Crippen LogP contribution in [-0.4, -0.2) is 9.97 Å². The van der Waals surface area contributed by atoms with E-state index in [9.17, 15) is 18.0 Å². The maximum Gasteiger partial charge on any atom is 0.416 e. The molecular formula is C15H8ClF3N2O. The number of hydrogen-bond acceptors (Lipinski definition) is 2. The smallest absolute Gasteiger partial charge is 0.306 e. The Bertz CT molecular complexity index is 901. The molecule has 0 fully saturated rings. The summed E-state index contributed by atoms with van der Waals surface area (Å²) in [5, 5.41) is 0.608. The summed E-state index contributed by atoms with van der Waals surface area (Å²) in [4.78, 5) is 18.7. The van der Waals surface area contributed by atoms with Crippen molar-refractivity contribution < 1.29 is 13.2 Å². The minimum absolute atomic E-state index is 0.0106. The van der Waals surface area contributed by atoms with Crippen molar-refractivity contribution in [3.63, 3.8) is 0 Å². The Balaban J connectivity index is 2.21. The van der Waals surface area contributed by atoms with Crippen molar-refractivity contribution in [2.75, 3.05) is 0 Å². The quantitative estimate of drug-likeness (QED) is 0.727. The Morgan fingerprint density at radius 1 is 1.05 bits per heavy atom. The first-order valence-corrected chi connectivity index (χ1v) is 6.59. The number of nitrogens with zero attached hydrogens (tertiary/aromatic N) is 1. The van der Waals surface area contributed by atoms with Gasteiger partial charge in [-0.2, -0.15) is 13.2 Å². The largest absolute Gasteiger partial charge is 0.416 e. The third kappa shape index (κ3) is 2.69. The molecule has 0 radical (unpaired) electrons. The molecule has 0 unspecified atom stereocenters. The molecule has 1 heterocycles. The number of fused-ring (bicyclic) bond motifs is 1. The highest BCUT2D eigenvalue weighted by Crippen LogP contribution is 2.30. The molecule has 3 aromatic rings. The van der Waals surface area contributed by atoms with Gasteiger partial charge in [0.2, 0.25) is 0 Å². The number of hydrogen-bond donors (Lipinski definition) is 1. The van der Waals surface area contributed by atoms with E-state index in [-0.39, 0.29) is 16.7 Å². The second-order valence-electron chi connectivity index (χ2n) is 4.65. The van der Waals surface area contributed by atoms with Gasteiger partial charge >= 0.3 is 6.18 Å². The predicted molar refractivity (Wildman–Crippen MR) is 77.8 cm³/mol. The minimum Gasteiger partial charge on any atom is -0.306 e. The maximum atomic E-state index is 12.8. The van der Waals surface area contributed by atoms with E-state index < -0.39 is 17.3 Å². The minimum atomic E-state index is -4.49. The molecule has 1 N–H and O–H groups in total. The summed E-state index contributed by atoms with van der Waals surface area (Å²) in [6.45, 7) is 0. The molecular weight excluding hydrogens is 317 g/mol. The number of benzene rings is 2. The summed E-state index contributed by atoms with van der Waals surface area (Å²) >= 11 is 5.78. The van der Waals surface area contributed by atoms with Gasteiger partial charge in [-0.25, -0.2) is 4.98 Å². The van der Waals surface area contributed by atoms with E-state index in [1.165, 1.54) is 0 Å². The second-order valence-corrected chi connectivity index (χ2v) is 5.09. The lowest BCUT2D eigenvalue weighted by molar-refractivity contribution is -0.137. The molecule has 0 aliphatic rings. The van der Waals surface area contributed by atoms with Crippen LogP contribution in [-0.2, 0) is 6.18 Å². The highest BCUT2D eigenvalue weighted by Gasteiger charge is 2.30. The van der Waals surface area contributed by atoms with Gasteiger partial charge in [0, 0.05) is 10.6 Å². The molecule has 1 aromatic heterocycles. The van der Waals surface area contributed by atoms with Crippen molar-refractivity contribution in [3.05, 3.63) is 63.4 Å². The van der Waals surface area contributed by atoms with Gasteiger partial charge in [-0.05, 0) is 42.5 Å². The van der Waals surface area contributed by atoms with E-state index in [1.807, 2.05) is 0 Å². The molecule has 0 spiro atoms. The molecule has 0 amide bonds. The Labute approximate surface area is 127 Å². The molecule has 0 atom stereocenters. The van der Waals surface area contributed by atoms with Crippen LogP contribution in [0.5, 0.6) is 0 Å². The van der Waals surface area contributed by atoms with E-state index >= 15 is 0 Å². The zero-order valence-corrected chi connectivity index (χ0v) is 11.7. The summed E-state index contributed by atoms with van der Waals surface area (Å²) in [5.74, 6) is 0.188. The van der Waals surface area contributed by atoms with Crippen molar-refractivity contribution in [2.45, 2.75) is 6.18 Å². The number of H-pyrrole nitrogens is 1. The highest BCUT2D eigenvalue weighted by atomic mass is 35.5. The van der Waals surface area contributed by atoms with Crippen molar-refractivity contribution >= 4 is 22.5 Å². The Morgan fingerprint density at radius 2 is 1.73 bits per heavy atom. The fraction of sp³-hybridized carbons (Fsp3) is 0.0667. The lowest BCUT2D eigenvalue weighted by Gasteiger charge is -2.08. The first kappa shape index (κ1) is 14.6. The standard InChI is InChI=1S/C15H8ClF3N2O/c16-10-4-1-8(2-5-10)13-20-12-7-9(15(17,18)19)3-6-11(12)14(22)21-13/h1-7H,(H,20,21,22). The number of halogens is 4. The van der Waals surface area contributed by atoms with E-state index in [0.29, 0.717) is 10.6 Å².